The number of hydrogen-bond donors (Lipinski definition) is 1. The van der Waals surface area contributed by atoms with Gasteiger partial charge in [0.2, 0.25) is 11.8 Å². The molecule has 0 aliphatic carbocycles. The number of amides is 1. The smallest absolute Gasteiger partial charge is 0.219 e. The Kier molecular flexibility index (Phi) is 6.14. The van der Waals surface area contributed by atoms with Gasteiger partial charge in [-0.05, 0) is 74.7 Å². The van der Waals surface area contributed by atoms with Crippen LogP contribution in [0.25, 0.3) is 10.9 Å². The van der Waals surface area contributed by atoms with Crippen molar-refractivity contribution in [1.82, 2.24) is 10.3 Å². The number of aromatic nitrogens is 1. The molecule has 3 rings (SSSR count). The molecule has 0 fully saturated rings. The average molecular weight is 378 g/mol. The van der Waals surface area contributed by atoms with E-state index >= 15 is 0 Å². The van der Waals surface area contributed by atoms with Gasteiger partial charge in [0.15, 0.2) is 0 Å². The van der Waals surface area contributed by atoms with Crippen LogP contribution in [-0.2, 0) is 11.2 Å². The van der Waals surface area contributed by atoms with Crippen LogP contribution in [0, 0.1) is 6.92 Å². The van der Waals surface area contributed by atoms with Crippen LogP contribution < -0.4 is 14.8 Å². The Morgan fingerprint density at radius 3 is 2.64 bits per heavy atom. The number of hydrogen-bond acceptors (Lipinski definition) is 4. The molecule has 28 heavy (non-hydrogen) atoms. The van der Waals surface area contributed by atoms with E-state index in [0.717, 1.165) is 39.9 Å². The first-order chi connectivity index (χ1) is 13.4. The van der Waals surface area contributed by atoms with Crippen LogP contribution in [0.3, 0.4) is 0 Å². The van der Waals surface area contributed by atoms with E-state index in [0.29, 0.717) is 12.4 Å². The molecule has 1 N–H and O–H groups in total. The Hall–Kier alpha value is -3.08. The van der Waals surface area contributed by atoms with Crippen molar-refractivity contribution in [3.8, 4) is 17.4 Å². The van der Waals surface area contributed by atoms with Crippen molar-refractivity contribution in [2.45, 2.75) is 40.2 Å². The summed E-state index contributed by atoms with van der Waals surface area (Å²) in [7, 11) is 0. The van der Waals surface area contributed by atoms with E-state index in [-0.39, 0.29) is 12.0 Å². The van der Waals surface area contributed by atoms with E-state index in [2.05, 4.69) is 16.4 Å². The fourth-order valence-electron chi connectivity index (χ4n) is 2.94. The second-order valence-corrected chi connectivity index (χ2v) is 7.11. The number of fused-ring (bicyclic) bond motifs is 1. The molecule has 1 aromatic heterocycles. The molecule has 5 nitrogen and oxygen atoms in total. The fourth-order valence-corrected chi connectivity index (χ4v) is 2.94. The summed E-state index contributed by atoms with van der Waals surface area (Å²) in [6, 6.07) is 15.7. The van der Waals surface area contributed by atoms with Crippen LogP contribution in [-0.4, -0.2) is 23.5 Å². The highest BCUT2D eigenvalue weighted by Gasteiger charge is 2.07. The number of carbonyl (C=O) groups is 1. The first kappa shape index (κ1) is 19.7. The molecule has 0 atom stereocenters. The summed E-state index contributed by atoms with van der Waals surface area (Å²) in [6.07, 6.45) is 0.924. The van der Waals surface area contributed by atoms with Crippen molar-refractivity contribution in [2.75, 3.05) is 6.54 Å². The van der Waals surface area contributed by atoms with E-state index in [4.69, 9.17) is 9.47 Å². The van der Waals surface area contributed by atoms with Crippen molar-refractivity contribution >= 4 is 16.8 Å². The Balaban J connectivity index is 1.72. The van der Waals surface area contributed by atoms with Crippen molar-refractivity contribution in [2.24, 2.45) is 0 Å². The maximum Gasteiger partial charge on any atom is 0.219 e. The lowest BCUT2D eigenvalue weighted by molar-refractivity contribution is -0.118. The molecule has 2 aromatic carbocycles. The van der Waals surface area contributed by atoms with Crippen LogP contribution in [0.15, 0.2) is 48.5 Å². The normalized spacial score (nSPS) is 10.9. The van der Waals surface area contributed by atoms with Crippen molar-refractivity contribution in [3.05, 3.63) is 59.7 Å². The minimum atomic E-state index is -0.0108. The topological polar surface area (TPSA) is 60.5 Å². The summed E-state index contributed by atoms with van der Waals surface area (Å²) in [5.41, 5.74) is 3.06. The molecule has 146 valence electrons. The third-order valence-electron chi connectivity index (χ3n) is 4.25. The summed E-state index contributed by atoms with van der Waals surface area (Å²) in [4.78, 5) is 15.6. The summed E-state index contributed by atoms with van der Waals surface area (Å²) < 4.78 is 11.7. The van der Waals surface area contributed by atoms with Crippen molar-refractivity contribution < 1.29 is 14.3 Å². The van der Waals surface area contributed by atoms with E-state index < -0.39 is 0 Å². The molecular weight excluding hydrogens is 352 g/mol. The first-order valence-corrected chi connectivity index (χ1v) is 9.50. The molecule has 0 saturated carbocycles. The van der Waals surface area contributed by atoms with Crippen LogP contribution in [0.2, 0.25) is 0 Å². The highest BCUT2D eigenvalue weighted by atomic mass is 16.5. The molecule has 0 unspecified atom stereocenters. The number of benzene rings is 2. The molecule has 1 amide bonds. The van der Waals surface area contributed by atoms with Crippen LogP contribution in [0.5, 0.6) is 17.4 Å². The second kappa shape index (κ2) is 8.74. The zero-order valence-electron chi connectivity index (χ0n) is 16.8. The first-order valence-electron chi connectivity index (χ1n) is 9.50. The van der Waals surface area contributed by atoms with E-state index in [1.807, 2.05) is 63.2 Å². The lowest BCUT2D eigenvalue weighted by Crippen LogP contribution is -2.22. The summed E-state index contributed by atoms with van der Waals surface area (Å²) in [5.74, 6) is 2.13. The minimum Gasteiger partial charge on any atom is -0.491 e. The van der Waals surface area contributed by atoms with Gasteiger partial charge in [-0.3, -0.25) is 4.79 Å². The quantitative estimate of drug-likeness (QED) is 0.641. The van der Waals surface area contributed by atoms with Crippen molar-refractivity contribution in [1.29, 1.82) is 0 Å². The lowest BCUT2D eigenvalue weighted by atomic mass is 10.1. The zero-order valence-corrected chi connectivity index (χ0v) is 16.8. The van der Waals surface area contributed by atoms with E-state index in [9.17, 15) is 4.79 Å². The van der Waals surface area contributed by atoms with Crippen molar-refractivity contribution in [3.63, 3.8) is 0 Å². The number of rotatable bonds is 7. The monoisotopic (exact) mass is 378 g/mol. The SMILES string of the molecule is CC(=O)NCCc1ccc2nc(Oc3ccc(OC(C)C)c(C)c3)ccc2c1. The molecule has 0 bridgehead atoms. The average Bonchev–Trinajstić information content (AvgIpc) is 2.63. The highest BCUT2D eigenvalue weighted by Crippen LogP contribution is 2.28. The maximum atomic E-state index is 11.0. The second-order valence-electron chi connectivity index (χ2n) is 7.11. The third-order valence-corrected chi connectivity index (χ3v) is 4.25. The highest BCUT2D eigenvalue weighted by molar-refractivity contribution is 5.80. The lowest BCUT2D eigenvalue weighted by Gasteiger charge is -2.13. The predicted octanol–water partition coefficient (Wildman–Crippen LogP) is 4.80. The summed E-state index contributed by atoms with van der Waals surface area (Å²) >= 11 is 0. The summed E-state index contributed by atoms with van der Waals surface area (Å²) in [6.45, 7) is 8.17. The molecule has 0 saturated heterocycles. The maximum absolute atomic E-state index is 11.0. The number of nitrogens with zero attached hydrogens (tertiary/aromatic N) is 1. The predicted molar refractivity (Wildman–Crippen MR) is 111 cm³/mol. The number of nitrogens with one attached hydrogen (secondary N) is 1. The Morgan fingerprint density at radius 2 is 1.93 bits per heavy atom. The van der Waals surface area contributed by atoms with Gasteiger partial charge < -0.3 is 14.8 Å². The van der Waals surface area contributed by atoms with Gasteiger partial charge in [-0.25, -0.2) is 4.98 Å². The number of aryl methyl sites for hydroxylation is 1. The largest absolute Gasteiger partial charge is 0.491 e. The number of carbonyl (C=O) groups excluding carboxylic acids is 1. The summed E-state index contributed by atoms with van der Waals surface area (Å²) in [5, 5.41) is 3.86. The third kappa shape index (κ3) is 5.22. The van der Waals surface area contributed by atoms with Gasteiger partial charge in [0.1, 0.15) is 11.5 Å². The van der Waals surface area contributed by atoms with Gasteiger partial charge in [0.25, 0.3) is 0 Å². The van der Waals surface area contributed by atoms with Crippen LogP contribution in [0.4, 0.5) is 0 Å². The molecule has 5 heteroatoms. The Bertz CT molecular complexity index is 983. The van der Waals surface area contributed by atoms with E-state index in [1.54, 1.807) is 0 Å². The Labute approximate surface area is 165 Å². The van der Waals surface area contributed by atoms with Gasteiger partial charge in [-0.15, -0.1) is 0 Å². The standard InChI is InChI=1S/C23H26N2O3/c1-15(2)27-22-9-7-20(13-16(22)3)28-23-10-6-19-14-18(5-8-21(19)25-23)11-12-24-17(4)26/h5-10,13-15H,11-12H2,1-4H3,(H,24,26). The molecule has 0 spiro atoms. The van der Waals surface area contributed by atoms with E-state index in [1.165, 1.54) is 6.92 Å². The number of pyridine rings is 1. The molecule has 0 radical (unpaired) electrons. The molecule has 3 aromatic rings. The molecular formula is C23H26N2O3. The van der Waals surface area contributed by atoms with Gasteiger partial charge >= 0.3 is 0 Å². The fraction of sp³-hybridized carbons (Fsp3) is 0.304. The number of ether oxygens (including phenoxy) is 2. The van der Waals surface area contributed by atoms with Crippen LogP contribution >= 0.6 is 0 Å². The minimum absolute atomic E-state index is 0.0108. The van der Waals surface area contributed by atoms with Gasteiger partial charge in [-0.1, -0.05) is 6.07 Å². The zero-order chi connectivity index (χ0) is 20.1. The Morgan fingerprint density at radius 1 is 1.11 bits per heavy atom. The molecule has 1 heterocycles. The van der Waals surface area contributed by atoms with Gasteiger partial charge in [0.05, 0.1) is 11.6 Å². The van der Waals surface area contributed by atoms with Gasteiger partial charge in [-0.2, -0.15) is 0 Å². The van der Waals surface area contributed by atoms with Crippen LogP contribution in [0.1, 0.15) is 31.9 Å². The van der Waals surface area contributed by atoms with Gasteiger partial charge in [0, 0.05) is 24.9 Å². The molecule has 0 aliphatic heterocycles. The molecule has 0 aliphatic rings.